The number of carbonyl (C=O) groups excluding carboxylic acids is 1. The summed E-state index contributed by atoms with van der Waals surface area (Å²) in [7, 11) is -10.0. The molecular weight excluding hydrogens is 480 g/mol. The maximum atomic E-state index is 12.9. The van der Waals surface area contributed by atoms with Crippen molar-refractivity contribution < 1.29 is 56.8 Å². The number of rotatable bonds is 13. The largest absolute Gasteiger partial charge is 0.368 e. The summed E-state index contributed by atoms with van der Waals surface area (Å²) in [5.74, 6) is -19.2. The molecule has 0 bridgehead atoms. The van der Waals surface area contributed by atoms with Crippen molar-refractivity contribution in [2.24, 2.45) is 11.1 Å². The molecule has 2 N–H and O–H groups in total. The standard InChI is InChI=1S/C13H16F8N2O5S2/c14-8(15)12(18,19)6-29(25,26)3-1-11(5-22,10(23)24)2-4-30(27,28)7-13(20,21)9(16)17/h8-9H,1-4,6-7H2,(H2,23,24). The van der Waals surface area contributed by atoms with E-state index in [2.05, 4.69) is 0 Å². The van der Waals surface area contributed by atoms with Gasteiger partial charge in [0.15, 0.2) is 19.7 Å². The number of carbonyl (C=O) groups is 1. The van der Waals surface area contributed by atoms with Crippen LogP contribution in [0.4, 0.5) is 35.1 Å². The van der Waals surface area contributed by atoms with Gasteiger partial charge in [-0.1, -0.05) is 0 Å². The van der Waals surface area contributed by atoms with Gasteiger partial charge in [-0.3, -0.25) is 4.79 Å². The third kappa shape index (κ3) is 8.20. The first-order valence-electron chi connectivity index (χ1n) is 7.66. The van der Waals surface area contributed by atoms with Gasteiger partial charge in [0.2, 0.25) is 5.91 Å². The van der Waals surface area contributed by atoms with Gasteiger partial charge in [0.05, 0.1) is 17.6 Å². The maximum Gasteiger partial charge on any atom is 0.321 e. The SMILES string of the molecule is N#CC(CCS(=O)(=O)CC(F)(F)C(F)F)(CCS(=O)(=O)CC(F)(F)C(F)F)C(N)=O. The van der Waals surface area contributed by atoms with E-state index in [1.807, 2.05) is 0 Å². The lowest BCUT2D eigenvalue weighted by Gasteiger charge is -2.24. The van der Waals surface area contributed by atoms with Gasteiger partial charge in [-0.25, -0.2) is 34.4 Å². The molecule has 0 saturated carbocycles. The molecular formula is C13H16F8N2O5S2. The Bertz CT molecular complexity index is 812. The summed E-state index contributed by atoms with van der Waals surface area (Å²) < 4.78 is 147. The maximum absolute atomic E-state index is 12.9. The van der Waals surface area contributed by atoms with Crippen molar-refractivity contribution in [3.8, 4) is 6.07 Å². The molecule has 0 saturated heterocycles. The number of primary amides is 1. The number of hydrogen-bond donors (Lipinski definition) is 1. The molecule has 0 fully saturated rings. The highest BCUT2D eigenvalue weighted by molar-refractivity contribution is 7.91. The summed E-state index contributed by atoms with van der Waals surface area (Å²) in [5, 5.41) is 9.11. The van der Waals surface area contributed by atoms with Gasteiger partial charge in [-0.15, -0.1) is 0 Å². The minimum absolute atomic E-state index is 1.16. The summed E-state index contributed by atoms with van der Waals surface area (Å²) in [6, 6.07) is 1.16. The number of nitrogens with two attached hydrogens (primary N) is 1. The van der Waals surface area contributed by atoms with Crippen LogP contribution in [0.5, 0.6) is 0 Å². The van der Waals surface area contributed by atoms with E-state index in [0.717, 1.165) is 6.07 Å². The van der Waals surface area contributed by atoms with Gasteiger partial charge in [-0.2, -0.15) is 22.8 Å². The van der Waals surface area contributed by atoms with Gasteiger partial charge in [0.25, 0.3) is 0 Å². The van der Waals surface area contributed by atoms with Crippen LogP contribution in [0, 0.1) is 16.7 Å². The number of alkyl halides is 8. The van der Waals surface area contributed by atoms with Crippen molar-refractivity contribution in [2.45, 2.75) is 37.5 Å². The molecule has 0 atom stereocenters. The third-order valence-corrected chi connectivity index (χ3v) is 7.13. The van der Waals surface area contributed by atoms with E-state index in [0.29, 0.717) is 0 Å². The van der Waals surface area contributed by atoms with Crippen molar-refractivity contribution in [2.75, 3.05) is 23.0 Å². The second-order valence-corrected chi connectivity index (χ2v) is 10.7. The van der Waals surface area contributed by atoms with Crippen LogP contribution in [0.1, 0.15) is 12.8 Å². The zero-order valence-electron chi connectivity index (χ0n) is 14.8. The summed E-state index contributed by atoms with van der Waals surface area (Å²) in [5.41, 5.74) is 2.21. The van der Waals surface area contributed by atoms with E-state index >= 15 is 0 Å². The number of nitriles is 1. The Morgan fingerprint density at radius 2 is 1.13 bits per heavy atom. The quantitative estimate of drug-likeness (QED) is 0.383. The molecule has 176 valence electrons. The molecule has 1 amide bonds. The van der Waals surface area contributed by atoms with Crippen LogP contribution in [0.2, 0.25) is 0 Å². The number of halogens is 8. The van der Waals surface area contributed by atoms with Gasteiger partial charge >= 0.3 is 24.7 Å². The van der Waals surface area contributed by atoms with Gasteiger partial charge in [-0.05, 0) is 12.8 Å². The lowest BCUT2D eigenvalue weighted by molar-refractivity contribution is -0.125. The molecule has 0 spiro atoms. The second-order valence-electron chi connectivity index (χ2n) is 6.37. The number of amides is 1. The number of sulfone groups is 2. The average molecular weight is 496 g/mol. The Balaban J connectivity index is 5.47. The van der Waals surface area contributed by atoms with Crippen LogP contribution in [0.25, 0.3) is 0 Å². The van der Waals surface area contributed by atoms with E-state index in [-0.39, 0.29) is 0 Å². The van der Waals surface area contributed by atoms with E-state index < -0.39 is 91.5 Å². The van der Waals surface area contributed by atoms with E-state index in [9.17, 15) is 56.8 Å². The molecule has 30 heavy (non-hydrogen) atoms. The Hall–Kier alpha value is -1.70. The second kappa shape index (κ2) is 9.62. The molecule has 0 heterocycles. The Labute approximate surface area is 166 Å². The van der Waals surface area contributed by atoms with Gasteiger partial charge < -0.3 is 5.73 Å². The molecule has 0 aliphatic rings. The average Bonchev–Trinajstić information content (AvgIpc) is 2.52. The lowest BCUT2D eigenvalue weighted by atomic mass is 9.83. The van der Waals surface area contributed by atoms with E-state index in [4.69, 9.17) is 11.0 Å². The molecule has 0 radical (unpaired) electrons. The lowest BCUT2D eigenvalue weighted by Crippen LogP contribution is -2.42. The first-order valence-corrected chi connectivity index (χ1v) is 11.3. The predicted octanol–water partition coefficient (Wildman–Crippen LogP) is 1.39. The minimum atomic E-state index is -5.01. The van der Waals surface area contributed by atoms with Gasteiger partial charge in [0, 0.05) is 0 Å². The molecule has 0 rings (SSSR count). The molecule has 7 nitrogen and oxygen atoms in total. The van der Waals surface area contributed by atoms with Crippen LogP contribution in [-0.2, 0) is 24.5 Å². The summed E-state index contributed by atoms with van der Waals surface area (Å²) in [6.07, 6.45) is -11.1. The fourth-order valence-corrected chi connectivity index (χ4v) is 5.09. The third-order valence-electron chi connectivity index (χ3n) is 3.83. The van der Waals surface area contributed by atoms with Crippen molar-refractivity contribution in [1.82, 2.24) is 0 Å². The van der Waals surface area contributed by atoms with E-state index in [1.54, 1.807) is 0 Å². The van der Waals surface area contributed by atoms with Crippen molar-refractivity contribution in [1.29, 1.82) is 5.26 Å². The molecule has 0 aromatic carbocycles. The highest BCUT2D eigenvalue weighted by Crippen LogP contribution is 2.31. The highest BCUT2D eigenvalue weighted by Gasteiger charge is 2.48. The molecule has 0 aromatic heterocycles. The molecule has 17 heteroatoms. The minimum Gasteiger partial charge on any atom is -0.368 e. The monoisotopic (exact) mass is 496 g/mol. The highest BCUT2D eigenvalue weighted by atomic mass is 32.2. The van der Waals surface area contributed by atoms with E-state index in [1.165, 1.54) is 0 Å². The Morgan fingerprint density at radius 3 is 1.33 bits per heavy atom. The van der Waals surface area contributed by atoms with Crippen LogP contribution < -0.4 is 5.73 Å². The van der Waals surface area contributed by atoms with Crippen LogP contribution >= 0.6 is 0 Å². The smallest absolute Gasteiger partial charge is 0.321 e. The van der Waals surface area contributed by atoms with Crippen LogP contribution in [0.3, 0.4) is 0 Å². The zero-order valence-corrected chi connectivity index (χ0v) is 16.4. The molecule has 0 unspecified atom stereocenters. The summed E-state index contributed by atoms with van der Waals surface area (Å²) >= 11 is 0. The normalized spacial score (nSPS) is 14.2. The van der Waals surface area contributed by atoms with Crippen LogP contribution in [0.15, 0.2) is 0 Å². The fourth-order valence-electron chi connectivity index (χ4n) is 2.05. The summed E-state index contributed by atoms with van der Waals surface area (Å²) in [6.45, 7) is 0. The van der Waals surface area contributed by atoms with Crippen molar-refractivity contribution >= 4 is 25.6 Å². The number of hydrogen-bond acceptors (Lipinski definition) is 6. The topological polar surface area (TPSA) is 135 Å². The van der Waals surface area contributed by atoms with Crippen molar-refractivity contribution in [3.63, 3.8) is 0 Å². The zero-order chi connectivity index (χ0) is 24.2. The predicted molar refractivity (Wildman–Crippen MR) is 85.7 cm³/mol. The van der Waals surface area contributed by atoms with Gasteiger partial charge in [0.1, 0.15) is 16.9 Å². The summed E-state index contributed by atoms with van der Waals surface area (Å²) in [4.78, 5) is 11.5. The Kier molecular flexibility index (Phi) is 9.08. The first-order chi connectivity index (χ1) is 13.2. The molecule has 0 aliphatic carbocycles. The van der Waals surface area contributed by atoms with Crippen LogP contribution in [-0.4, -0.2) is 70.5 Å². The molecule has 0 aromatic rings. The molecule has 0 aliphatic heterocycles. The Morgan fingerprint density at radius 1 is 0.833 bits per heavy atom. The van der Waals surface area contributed by atoms with Crippen molar-refractivity contribution in [3.05, 3.63) is 0 Å². The number of nitrogens with zero attached hydrogens (tertiary/aromatic N) is 1. The first kappa shape index (κ1) is 28.3. The fraction of sp³-hybridized carbons (Fsp3) is 0.846.